The molecule has 5 heteroatoms. The number of rotatable bonds is 6. The van der Waals surface area contributed by atoms with Crippen LogP contribution in [0.2, 0.25) is 0 Å². The second-order valence-electron chi connectivity index (χ2n) is 4.14. The van der Waals surface area contributed by atoms with E-state index in [0.29, 0.717) is 18.8 Å². The molecule has 19 heavy (non-hydrogen) atoms. The molecule has 1 aromatic heterocycles. The van der Waals surface area contributed by atoms with Crippen molar-refractivity contribution in [2.24, 2.45) is 5.73 Å². The van der Waals surface area contributed by atoms with Crippen LogP contribution in [0, 0.1) is 0 Å². The largest absolute Gasteiger partial charge is 0.484 e. The van der Waals surface area contributed by atoms with Crippen molar-refractivity contribution >= 4 is 16.8 Å². The molecule has 100 valence electrons. The van der Waals surface area contributed by atoms with Crippen LogP contribution in [0.4, 0.5) is 0 Å². The normalized spacial score (nSPS) is 10.4. The summed E-state index contributed by atoms with van der Waals surface area (Å²) < 4.78 is 5.44. The zero-order valence-corrected chi connectivity index (χ0v) is 10.6. The third-order valence-electron chi connectivity index (χ3n) is 2.65. The molecule has 3 N–H and O–H groups in total. The second kappa shape index (κ2) is 6.70. The molecule has 0 saturated heterocycles. The molecular formula is C14H17N3O2. The number of nitrogens with two attached hydrogens (primary N) is 1. The number of nitrogens with one attached hydrogen (secondary N) is 1. The van der Waals surface area contributed by atoms with Gasteiger partial charge >= 0.3 is 0 Å². The van der Waals surface area contributed by atoms with Crippen molar-refractivity contribution in [1.82, 2.24) is 10.3 Å². The SMILES string of the molecule is NCCCNC(=O)COc1ccc2ncccc2c1. The lowest BCUT2D eigenvalue weighted by Crippen LogP contribution is -2.30. The fourth-order valence-electron chi connectivity index (χ4n) is 1.67. The molecule has 0 unspecified atom stereocenters. The molecule has 2 rings (SSSR count). The minimum Gasteiger partial charge on any atom is -0.484 e. The van der Waals surface area contributed by atoms with Crippen LogP contribution in [-0.2, 0) is 4.79 Å². The van der Waals surface area contributed by atoms with Crippen LogP contribution in [-0.4, -0.2) is 30.6 Å². The molecule has 1 aromatic carbocycles. The highest BCUT2D eigenvalue weighted by molar-refractivity contribution is 5.80. The van der Waals surface area contributed by atoms with Gasteiger partial charge in [-0.05, 0) is 37.2 Å². The van der Waals surface area contributed by atoms with E-state index in [2.05, 4.69) is 10.3 Å². The second-order valence-corrected chi connectivity index (χ2v) is 4.14. The third-order valence-corrected chi connectivity index (χ3v) is 2.65. The van der Waals surface area contributed by atoms with E-state index < -0.39 is 0 Å². The molecule has 1 amide bonds. The molecule has 0 fully saturated rings. The monoisotopic (exact) mass is 259 g/mol. The van der Waals surface area contributed by atoms with Gasteiger partial charge in [0.05, 0.1) is 5.52 Å². The lowest BCUT2D eigenvalue weighted by atomic mass is 10.2. The van der Waals surface area contributed by atoms with Gasteiger partial charge in [-0.15, -0.1) is 0 Å². The van der Waals surface area contributed by atoms with Gasteiger partial charge in [-0.1, -0.05) is 6.07 Å². The Morgan fingerprint density at radius 2 is 2.26 bits per heavy atom. The van der Waals surface area contributed by atoms with Gasteiger partial charge in [0, 0.05) is 18.1 Å². The fourth-order valence-corrected chi connectivity index (χ4v) is 1.67. The summed E-state index contributed by atoms with van der Waals surface area (Å²) in [6, 6.07) is 9.37. The summed E-state index contributed by atoms with van der Waals surface area (Å²) in [7, 11) is 0. The summed E-state index contributed by atoms with van der Waals surface area (Å²) in [4.78, 5) is 15.7. The number of pyridine rings is 1. The van der Waals surface area contributed by atoms with E-state index in [-0.39, 0.29) is 12.5 Å². The maximum atomic E-state index is 11.5. The summed E-state index contributed by atoms with van der Waals surface area (Å²) in [6.07, 6.45) is 2.52. The molecule has 0 aliphatic heterocycles. The molecule has 1 heterocycles. The van der Waals surface area contributed by atoms with Crippen LogP contribution in [0.1, 0.15) is 6.42 Å². The van der Waals surface area contributed by atoms with E-state index in [0.717, 1.165) is 17.3 Å². The van der Waals surface area contributed by atoms with Crippen molar-refractivity contribution in [3.63, 3.8) is 0 Å². The van der Waals surface area contributed by atoms with E-state index in [1.165, 1.54) is 0 Å². The van der Waals surface area contributed by atoms with E-state index in [9.17, 15) is 4.79 Å². The molecule has 0 aliphatic carbocycles. The fraction of sp³-hybridized carbons (Fsp3) is 0.286. The Morgan fingerprint density at radius 3 is 3.11 bits per heavy atom. The van der Waals surface area contributed by atoms with Gasteiger partial charge in [0.2, 0.25) is 0 Å². The van der Waals surface area contributed by atoms with E-state index in [1.807, 2.05) is 30.3 Å². The van der Waals surface area contributed by atoms with Crippen LogP contribution in [0.3, 0.4) is 0 Å². The first-order chi connectivity index (χ1) is 9.29. The average Bonchev–Trinajstić information content (AvgIpc) is 2.45. The maximum absolute atomic E-state index is 11.5. The lowest BCUT2D eigenvalue weighted by Gasteiger charge is -2.07. The summed E-state index contributed by atoms with van der Waals surface area (Å²) >= 11 is 0. The van der Waals surface area contributed by atoms with Crippen LogP contribution >= 0.6 is 0 Å². The number of nitrogens with zero attached hydrogens (tertiary/aromatic N) is 1. The molecule has 0 aliphatic rings. The topological polar surface area (TPSA) is 77.2 Å². The molecule has 0 radical (unpaired) electrons. The van der Waals surface area contributed by atoms with Crippen LogP contribution in [0.25, 0.3) is 10.9 Å². The Kier molecular flexibility index (Phi) is 4.69. The molecule has 0 saturated carbocycles. The number of carbonyl (C=O) groups is 1. The highest BCUT2D eigenvalue weighted by Crippen LogP contribution is 2.18. The van der Waals surface area contributed by atoms with Gasteiger partial charge in [-0.25, -0.2) is 0 Å². The molecule has 2 aromatic rings. The minimum absolute atomic E-state index is 0.0103. The highest BCUT2D eigenvalue weighted by Gasteiger charge is 2.03. The maximum Gasteiger partial charge on any atom is 0.257 e. The van der Waals surface area contributed by atoms with Gasteiger partial charge in [-0.2, -0.15) is 0 Å². The van der Waals surface area contributed by atoms with Crippen molar-refractivity contribution in [1.29, 1.82) is 0 Å². The summed E-state index contributed by atoms with van der Waals surface area (Å²) in [5.41, 5.74) is 6.25. The molecule has 0 bridgehead atoms. The number of hydrogen-bond donors (Lipinski definition) is 2. The van der Waals surface area contributed by atoms with Gasteiger partial charge in [0.15, 0.2) is 6.61 Å². The standard InChI is InChI=1S/C14H17N3O2/c15-6-2-8-17-14(18)10-19-12-4-5-13-11(9-12)3-1-7-16-13/h1,3-5,7,9H,2,6,8,10,15H2,(H,17,18). The predicted octanol–water partition coefficient (Wildman–Crippen LogP) is 1.08. The Morgan fingerprint density at radius 1 is 1.37 bits per heavy atom. The predicted molar refractivity (Wildman–Crippen MR) is 73.9 cm³/mol. The molecule has 5 nitrogen and oxygen atoms in total. The lowest BCUT2D eigenvalue weighted by molar-refractivity contribution is -0.123. The number of fused-ring (bicyclic) bond motifs is 1. The number of aromatic nitrogens is 1. The van der Waals surface area contributed by atoms with Gasteiger partial charge < -0.3 is 15.8 Å². The molecular weight excluding hydrogens is 242 g/mol. The van der Waals surface area contributed by atoms with Gasteiger partial charge in [-0.3, -0.25) is 9.78 Å². The van der Waals surface area contributed by atoms with Crippen LogP contribution in [0.5, 0.6) is 5.75 Å². The first kappa shape index (κ1) is 13.3. The van der Waals surface area contributed by atoms with Crippen LogP contribution < -0.4 is 15.8 Å². The average molecular weight is 259 g/mol. The Labute approximate surface area is 111 Å². The van der Waals surface area contributed by atoms with E-state index >= 15 is 0 Å². The first-order valence-corrected chi connectivity index (χ1v) is 6.24. The van der Waals surface area contributed by atoms with Crippen LogP contribution in [0.15, 0.2) is 36.5 Å². The third kappa shape index (κ3) is 3.93. The summed E-state index contributed by atoms with van der Waals surface area (Å²) in [5.74, 6) is 0.522. The Hall–Kier alpha value is -2.14. The van der Waals surface area contributed by atoms with Gasteiger partial charge in [0.1, 0.15) is 5.75 Å². The van der Waals surface area contributed by atoms with Crippen molar-refractivity contribution in [3.8, 4) is 5.75 Å². The first-order valence-electron chi connectivity index (χ1n) is 6.24. The number of carbonyl (C=O) groups excluding carboxylic acids is 1. The summed E-state index contributed by atoms with van der Waals surface area (Å²) in [5, 5.41) is 3.72. The van der Waals surface area contributed by atoms with E-state index in [1.54, 1.807) is 6.20 Å². The smallest absolute Gasteiger partial charge is 0.257 e. The quantitative estimate of drug-likeness (QED) is 0.761. The number of hydrogen-bond acceptors (Lipinski definition) is 4. The number of ether oxygens (including phenoxy) is 1. The number of benzene rings is 1. The number of amides is 1. The van der Waals surface area contributed by atoms with Crippen molar-refractivity contribution in [2.45, 2.75) is 6.42 Å². The van der Waals surface area contributed by atoms with E-state index in [4.69, 9.17) is 10.5 Å². The zero-order chi connectivity index (χ0) is 13.5. The van der Waals surface area contributed by atoms with Crippen molar-refractivity contribution < 1.29 is 9.53 Å². The molecule has 0 spiro atoms. The summed E-state index contributed by atoms with van der Waals surface area (Å²) in [6.45, 7) is 1.16. The van der Waals surface area contributed by atoms with Crippen molar-refractivity contribution in [2.75, 3.05) is 19.7 Å². The van der Waals surface area contributed by atoms with Crippen molar-refractivity contribution in [3.05, 3.63) is 36.5 Å². The van der Waals surface area contributed by atoms with Gasteiger partial charge in [0.25, 0.3) is 5.91 Å². The highest BCUT2D eigenvalue weighted by atomic mass is 16.5. The zero-order valence-electron chi connectivity index (χ0n) is 10.6. The molecule has 0 atom stereocenters. The Bertz CT molecular complexity index is 557. The Balaban J connectivity index is 1.89. The minimum atomic E-state index is -0.139.